The van der Waals surface area contributed by atoms with Crippen molar-refractivity contribution in [2.24, 2.45) is 0 Å². The quantitative estimate of drug-likeness (QED) is 0.629. The van der Waals surface area contributed by atoms with E-state index in [2.05, 4.69) is 0 Å². The van der Waals surface area contributed by atoms with Gasteiger partial charge in [-0.1, -0.05) is 12.1 Å². The van der Waals surface area contributed by atoms with Gasteiger partial charge in [-0.25, -0.2) is 0 Å². The third-order valence-electron chi connectivity index (χ3n) is 4.16. The Hall–Kier alpha value is -0.705. The van der Waals surface area contributed by atoms with Crippen molar-refractivity contribution in [1.82, 2.24) is 0 Å². The van der Waals surface area contributed by atoms with E-state index in [1.165, 1.54) is 0 Å². The summed E-state index contributed by atoms with van der Waals surface area (Å²) in [5.41, 5.74) is 0.454. The first-order valence-electron chi connectivity index (χ1n) is 6.88. The van der Waals surface area contributed by atoms with Crippen molar-refractivity contribution in [2.75, 3.05) is 7.11 Å². The lowest BCUT2D eigenvalue weighted by Gasteiger charge is -2.32. The van der Waals surface area contributed by atoms with E-state index in [0.717, 1.165) is 11.3 Å². The molecule has 0 spiro atoms. The van der Waals surface area contributed by atoms with Gasteiger partial charge in [-0.2, -0.15) is 0 Å². The highest BCUT2D eigenvalue weighted by molar-refractivity contribution is 6.60. The van der Waals surface area contributed by atoms with E-state index in [1.54, 1.807) is 7.11 Å². The topological polar surface area (TPSA) is 27.7 Å². The zero-order valence-corrected chi connectivity index (χ0v) is 13.5. The van der Waals surface area contributed by atoms with Gasteiger partial charge in [-0.3, -0.25) is 0 Å². The summed E-state index contributed by atoms with van der Waals surface area (Å²) in [6.45, 7) is 8.13. The molecule has 2 rings (SSSR count). The van der Waals surface area contributed by atoms with Crippen LogP contribution >= 0.6 is 11.6 Å². The van der Waals surface area contributed by atoms with Crippen LogP contribution in [0.15, 0.2) is 24.3 Å². The molecule has 1 aromatic rings. The fourth-order valence-electron chi connectivity index (χ4n) is 2.12. The highest BCUT2D eigenvalue weighted by Crippen LogP contribution is 2.38. The molecule has 20 heavy (non-hydrogen) atoms. The van der Waals surface area contributed by atoms with Crippen molar-refractivity contribution < 1.29 is 14.0 Å². The molecule has 0 radical (unpaired) electrons. The van der Waals surface area contributed by atoms with Crippen molar-refractivity contribution in [3.05, 3.63) is 29.8 Å². The Morgan fingerprint density at radius 2 is 1.60 bits per heavy atom. The number of methoxy groups -OCH3 is 1. The van der Waals surface area contributed by atoms with E-state index in [0.29, 0.717) is 6.42 Å². The molecule has 1 aliphatic rings. The lowest BCUT2D eigenvalue weighted by atomic mass is 9.80. The van der Waals surface area contributed by atoms with Crippen LogP contribution in [0.2, 0.25) is 0 Å². The van der Waals surface area contributed by atoms with Crippen LogP contribution in [0.25, 0.3) is 0 Å². The molecule has 5 heteroatoms. The monoisotopic (exact) mass is 296 g/mol. The maximum atomic E-state index is 6.47. The van der Waals surface area contributed by atoms with E-state index < -0.39 is 0 Å². The van der Waals surface area contributed by atoms with Gasteiger partial charge < -0.3 is 14.0 Å². The van der Waals surface area contributed by atoms with Gasteiger partial charge in [0.1, 0.15) is 5.75 Å². The van der Waals surface area contributed by atoms with E-state index in [9.17, 15) is 0 Å². The number of hydrogen-bond acceptors (Lipinski definition) is 3. The van der Waals surface area contributed by atoms with Crippen LogP contribution in [0.5, 0.6) is 5.75 Å². The normalized spacial score (nSPS) is 21.8. The van der Waals surface area contributed by atoms with Crippen molar-refractivity contribution in [2.45, 2.75) is 50.6 Å². The number of benzene rings is 1. The Kier molecular flexibility index (Phi) is 4.38. The fraction of sp³-hybridized carbons (Fsp3) is 0.600. The van der Waals surface area contributed by atoms with Crippen LogP contribution in [0.4, 0.5) is 0 Å². The van der Waals surface area contributed by atoms with Crippen molar-refractivity contribution >= 4 is 18.7 Å². The predicted molar refractivity (Wildman–Crippen MR) is 82.4 cm³/mol. The van der Waals surface area contributed by atoms with Crippen LogP contribution in [-0.2, 0) is 15.7 Å². The minimum absolute atomic E-state index is 0.218. The third-order valence-corrected chi connectivity index (χ3v) is 4.52. The summed E-state index contributed by atoms with van der Waals surface area (Å²) in [6, 6.07) is 7.89. The zero-order chi connectivity index (χ0) is 15.0. The second-order valence-corrected chi connectivity index (χ2v) is 6.75. The van der Waals surface area contributed by atoms with Gasteiger partial charge in [0, 0.05) is 0 Å². The van der Waals surface area contributed by atoms with Crippen LogP contribution < -0.4 is 4.74 Å². The summed E-state index contributed by atoms with van der Waals surface area (Å²) in [7, 11) is 1.27. The highest BCUT2D eigenvalue weighted by atomic mass is 35.5. The fourth-order valence-corrected chi connectivity index (χ4v) is 2.40. The van der Waals surface area contributed by atoms with Crippen molar-refractivity contribution in [3.8, 4) is 5.75 Å². The first-order valence-corrected chi connectivity index (χ1v) is 7.31. The molecule has 0 aromatic heterocycles. The largest absolute Gasteiger partial charge is 0.497 e. The highest BCUT2D eigenvalue weighted by Gasteiger charge is 2.53. The first-order chi connectivity index (χ1) is 9.25. The van der Waals surface area contributed by atoms with Crippen LogP contribution in [0.3, 0.4) is 0 Å². The number of alkyl halides is 1. The zero-order valence-electron chi connectivity index (χ0n) is 12.8. The molecule has 1 aliphatic heterocycles. The summed E-state index contributed by atoms with van der Waals surface area (Å²) < 4.78 is 17.1. The van der Waals surface area contributed by atoms with Gasteiger partial charge in [0.2, 0.25) is 0 Å². The molecule has 1 atom stereocenters. The van der Waals surface area contributed by atoms with E-state index in [4.69, 9.17) is 25.6 Å². The average Bonchev–Trinajstić information content (AvgIpc) is 2.59. The molecule has 1 aromatic carbocycles. The van der Waals surface area contributed by atoms with Crippen molar-refractivity contribution in [3.63, 3.8) is 0 Å². The molecule has 1 saturated heterocycles. The summed E-state index contributed by atoms with van der Waals surface area (Å²) in [6.07, 6.45) is 0.697. The van der Waals surface area contributed by atoms with E-state index in [1.807, 2.05) is 52.0 Å². The average molecular weight is 297 g/mol. The Bertz CT molecular complexity index is 443. The van der Waals surface area contributed by atoms with Gasteiger partial charge in [0.15, 0.2) is 0 Å². The Morgan fingerprint density at radius 3 is 2.05 bits per heavy atom. The molecular formula is C15H22BClO3. The first kappa shape index (κ1) is 15.7. The SMILES string of the molecule is COc1ccc(C[C@@H](Cl)B2OC(C)(C)C(C)(C)O2)cc1. The molecule has 0 saturated carbocycles. The molecule has 1 heterocycles. The predicted octanol–water partition coefficient (Wildman–Crippen LogP) is 3.48. The number of rotatable bonds is 4. The molecule has 0 bridgehead atoms. The van der Waals surface area contributed by atoms with Gasteiger partial charge in [-0.05, 0) is 51.8 Å². The van der Waals surface area contributed by atoms with Crippen LogP contribution in [0.1, 0.15) is 33.3 Å². The standard InChI is InChI=1S/C15H22BClO3/c1-14(2)15(3,4)20-16(19-14)13(17)10-11-6-8-12(18-5)9-7-11/h6-9,13H,10H2,1-5H3/t13-/m1/s1. The molecule has 1 fully saturated rings. The van der Waals surface area contributed by atoms with E-state index in [-0.39, 0.29) is 23.6 Å². The van der Waals surface area contributed by atoms with Gasteiger partial charge in [0.05, 0.1) is 23.6 Å². The summed E-state index contributed by atoms with van der Waals surface area (Å²) in [5.74, 6) is 0.843. The summed E-state index contributed by atoms with van der Waals surface area (Å²) in [5, 5.41) is -0.218. The molecule has 0 N–H and O–H groups in total. The maximum absolute atomic E-state index is 6.47. The van der Waals surface area contributed by atoms with E-state index >= 15 is 0 Å². The second-order valence-electron chi connectivity index (χ2n) is 6.19. The lowest BCUT2D eigenvalue weighted by Crippen LogP contribution is -2.41. The molecular weight excluding hydrogens is 274 g/mol. The Balaban J connectivity index is 2.00. The smallest absolute Gasteiger partial charge is 0.477 e. The molecule has 0 unspecified atom stereocenters. The number of hydrogen-bond donors (Lipinski definition) is 0. The summed E-state index contributed by atoms with van der Waals surface area (Å²) in [4.78, 5) is 0. The molecule has 110 valence electrons. The van der Waals surface area contributed by atoms with Gasteiger partial charge in [-0.15, -0.1) is 11.6 Å². The second kappa shape index (κ2) is 5.59. The molecule has 3 nitrogen and oxygen atoms in total. The maximum Gasteiger partial charge on any atom is 0.477 e. The third kappa shape index (κ3) is 3.13. The number of halogens is 1. The van der Waals surface area contributed by atoms with Crippen LogP contribution in [0, 0.1) is 0 Å². The van der Waals surface area contributed by atoms with Gasteiger partial charge in [0.25, 0.3) is 0 Å². The minimum atomic E-state index is -0.385. The Labute approximate surface area is 126 Å². The van der Waals surface area contributed by atoms with Crippen LogP contribution in [-0.4, -0.2) is 30.7 Å². The molecule has 0 aliphatic carbocycles. The Morgan fingerprint density at radius 1 is 1.10 bits per heavy atom. The lowest BCUT2D eigenvalue weighted by molar-refractivity contribution is 0.00578. The van der Waals surface area contributed by atoms with Gasteiger partial charge >= 0.3 is 7.12 Å². The van der Waals surface area contributed by atoms with Crippen molar-refractivity contribution in [1.29, 1.82) is 0 Å². The summed E-state index contributed by atoms with van der Waals surface area (Å²) >= 11 is 6.47. The number of ether oxygens (including phenoxy) is 1. The molecule has 0 amide bonds. The minimum Gasteiger partial charge on any atom is -0.497 e.